The Morgan fingerprint density at radius 1 is 1.39 bits per heavy atom. The minimum Gasteiger partial charge on any atom is -0.444 e. The molecule has 1 fully saturated rings. The van der Waals surface area contributed by atoms with Crippen LogP contribution in [0.1, 0.15) is 57.5 Å². The third kappa shape index (κ3) is 3.81. The average Bonchev–Trinajstić information content (AvgIpc) is 2.83. The molecule has 0 N–H and O–H groups in total. The smallest absolute Gasteiger partial charge is 0.410 e. The zero-order chi connectivity index (χ0) is 16.6. The van der Waals surface area contributed by atoms with E-state index in [1.54, 1.807) is 4.90 Å². The van der Waals surface area contributed by atoms with Crippen molar-refractivity contribution in [2.24, 2.45) is 0 Å². The normalized spacial score (nSPS) is 21.9. The number of hydrogen-bond donors (Lipinski definition) is 0. The molecule has 1 amide bonds. The topological polar surface area (TPSA) is 56.6 Å². The largest absolute Gasteiger partial charge is 0.444 e. The average molecular weight is 433 g/mol. The van der Waals surface area contributed by atoms with Crippen LogP contribution in [0.15, 0.2) is 0 Å². The van der Waals surface area contributed by atoms with Crippen LogP contribution in [0, 0.1) is 3.70 Å². The number of rotatable bonds is 1. The minimum absolute atomic E-state index is 0.000368. The SMILES string of the molecule is CC(C)(C)OC(=O)N1CCc2c(I)nn(C3CCCCO3)c2C1. The molecule has 6 nitrogen and oxygen atoms in total. The van der Waals surface area contributed by atoms with Crippen LogP contribution < -0.4 is 0 Å². The van der Waals surface area contributed by atoms with Gasteiger partial charge in [-0.3, -0.25) is 0 Å². The molecule has 1 atom stereocenters. The summed E-state index contributed by atoms with van der Waals surface area (Å²) in [5.74, 6) is 0. The second-order valence-electron chi connectivity index (χ2n) is 7.13. The highest BCUT2D eigenvalue weighted by Crippen LogP contribution is 2.30. The van der Waals surface area contributed by atoms with Crippen molar-refractivity contribution in [1.29, 1.82) is 0 Å². The molecule has 1 saturated heterocycles. The van der Waals surface area contributed by atoms with E-state index in [9.17, 15) is 4.79 Å². The molecule has 0 bridgehead atoms. The van der Waals surface area contributed by atoms with Crippen molar-refractivity contribution in [2.75, 3.05) is 13.2 Å². The van der Waals surface area contributed by atoms with Gasteiger partial charge in [0.05, 0.1) is 12.2 Å². The van der Waals surface area contributed by atoms with Gasteiger partial charge >= 0.3 is 6.09 Å². The lowest BCUT2D eigenvalue weighted by molar-refractivity contribution is -0.0429. The number of hydrogen-bond acceptors (Lipinski definition) is 4. The molecule has 0 aliphatic carbocycles. The van der Waals surface area contributed by atoms with Crippen molar-refractivity contribution < 1.29 is 14.3 Å². The third-order valence-electron chi connectivity index (χ3n) is 4.12. The van der Waals surface area contributed by atoms with Crippen LogP contribution in [0.4, 0.5) is 4.79 Å². The first-order valence-corrected chi connectivity index (χ1v) is 9.28. The number of halogens is 1. The van der Waals surface area contributed by atoms with Crippen LogP contribution in [-0.4, -0.2) is 39.5 Å². The lowest BCUT2D eigenvalue weighted by atomic mass is 10.1. The Balaban J connectivity index is 1.80. The van der Waals surface area contributed by atoms with Gasteiger partial charge in [0.15, 0.2) is 6.23 Å². The first kappa shape index (κ1) is 17.0. The van der Waals surface area contributed by atoms with Gasteiger partial charge in [-0.15, -0.1) is 0 Å². The summed E-state index contributed by atoms with van der Waals surface area (Å²) in [6.07, 6.45) is 3.82. The highest BCUT2D eigenvalue weighted by molar-refractivity contribution is 14.1. The van der Waals surface area contributed by atoms with Gasteiger partial charge in [-0.2, -0.15) is 5.10 Å². The summed E-state index contributed by atoms with van der Waals surface area (Å²) in [5, 5.41) is 4.68. The summed E-state index contributed by atoms with van der Waals surface area (Å²) < 4.78 is 14.4. The molecule has 0 spiro atoms. The van der Waals surface area contributed by atoms with E-state index in [0.29, 0.717) is 13.1 Å². The standard InChI is InChI=1S/C16H24IN3O3/c1-16(2,3)23-15(21)19-8-7-11-12(10-19)20(18-14(11)17)13-6-4-5-9-22-13/h13H,4-10H2,1-3H3. The van der Waals surface area contributed by atoms with Crippen molar-refractivity contribution in [3.8, 4) is 0 Å². The van der Waals surface area contributed by atoms with E-state index >= 15 is 0 Å². The molecule has 3 heterocycles. The molecule has 0 aromatic carbocycles. The zero-order valence-electron chi connectivity index (χ0n) is 14.0. The van der Waals surface area contributed by atoms with Gasteiger partial charge in [-0.25, -0.2) is 9.48 Å². The van der Waals surface area contributed by atoms with E-state index in [2.05, 4.69) is 27.7 Å². The minimum atomic E-state index is -0.474. The molecule has 3 rings (SSSR count). The Bertz CT molecular complexity index is 588. The molecule has 2 aliphatic rings. The first-order valence-electron chi connectivity index (χ1n) is 8.20. The predicted molar refractivity (Wildman–Crippen MR) is 94.1 cm³/mol. The maximum Gasteiger partial charge on any atom is 0.410 e. The maximum absolute atomic E-state index is 12.4. The zero-order valence-corrected chi connectivity index (χ0v) is 16.1. The van der Waals surface area contributed by atoms with Crippen molar-refractivity contribution in [1.82, 2.24) is 14.7 Å². The Hall–Kier alpha value is -0.830. The second-order valence-corrected chi connectivity index (χ2v) is 8.16. The van der Waals surface area contributed by atoms with E-state index < -0.39 is 5.60 Å². The van der Waals surface area contributed by atoms with Gasteiger partial charge < -0.3 is 14.4 Å². The summed E-state index contributed by atoms with van der Waals surface area (Å²) in [7, 11) is 0. The third-order valence-corrected chi connectivity index (χ3v) is 4.99. The maximum atomic E-state index is 12.4. The van der Waals surface area contributed by atoms with E-state index in [1.807, 2.05) is 25.5 Å². The van der Waals surface area contributed by atoms with Crippen LogP contribution in [0.2, 0.25) is 0 Å². The van der Waals surface area contributed by atoms with E-state index in [1.165, 1.54) is 5.56 Å². The number of nitrogens with zero attached hydrogens (tertiary/aromatic N) is 3. The summed E-state index contributed by atoms with van der Waals surface area (Å²) in [5.41, 5.74) is 1.87. The number of aromatic nitrogens is 2. The molecular weight excluding hydrogens is 409 g/mol. The molecule has 0 radical (unpaired) electrons. The van der Waals surface area contributed by atoms with Gasteiger partial charge in [-0.05, 0) is 69.0 Å². The fourth-order valence-corrected chi connectivity index (χ4v) is 3.85. The summed E-state index contributed by atoms with van der Waals surface area (Å²) in [6.45, 7) is 7.68. The number of carbonyl (C=O) groups excluding carboxylic acids is 1. The Kier molecular flexibility index (Phi) is 4.87. The fraction of sp³-hybridized carbons (Fsp3) is 0.750. The van der Waals surface area contributed by atoms with Crippen LogP contribution in [0.5, 0.6) is 0 Å². The predicted octanol–water partition coefficient (Wildman–Crippen LogP) is 3.48. The van der Waals surface area contributed by atoms with Gasteiger partial charge in [0, 0.05) is 18.7 Å². The highest BCUT2D eigenvalue weighted by atomic mass is 127. The van der Waals surface area contributed by atoms with Crippen molar-refractivity contribution in [2.45, 2.75) is 64.8 Å². The number of carbonyl (C=O) groups is 1. The van der Waals surface area contributed by atoms with Gasteiger partial charge in [0.25, 0.3) is 0 Å². The van der Waals surface area contributed by atoms with Crippen molar-refractivity contribution >= 4 is 28.7 Å². The van der Waals surface area contributed by atoms with Crippen LogP contribution in [-0.2, 0) is 22.4 Å². The molecule has 23 heavy (non-hydrogen) atoms. The van der Waals surface area contributed by atoms with Gasteiger partial charge in [-0.1, -0.05) is 0 Å². The summed E-state index contributed by atoms with van der Waals surface area (Å²) >= 11 is 2.28. The molecule has 2 aliphatic heterocycles. The number of fused-ring (bicyclic) bond motifs is 1. The van der Waals surface area contributed by atoms with Crippen molar-refractivity contribution in [3.63, 3.8) is 0 Å². The molecular formula is C16H24IN3O3. The molecule has 0 saturated carbocycles. The Labute approximate surface area is 150 Å². The van der Waals surface area contributed by atoms with Crippen LogP contribution >= 0.6 is 22.6 Å². The molecule has 1 unspecified atom stereocenters. The monoisotopic (exact) mass is 433 g/mol. The Morgan fingerprint density at radius 3 is 2.83 bits per heavy atom. The molecule has 1 aromatic rings. The summed E-state index contributed by atoms with van der Waals surface area (Å²) in [6, 6.07) is 0. The highest BCUT2D eigenvalue weighted by Gasteiger charge is 2.32. The number of ether oxygens (including phenoxy) is 2. The first-order chi connectivity index (χ1) is 10.8. The quantitative estimate of drug-likeness (QED) is 0.637. The fourth-order valence-electron chi connectivity index (χ4n) is 3.03. The molecule has 128 valence electrons. The molecule has 1 aromatic heterocycles. The van der Waals surface area contributed by atoms with Crippen molar-refractivity contribution in [3.05, 3.63) is 15.0 Å². The number of amides is 1. The van der Waals surface area contributed by atoms with Crippen LogP contribution in [0.25, 0.3) is 0 Å². The van der Waals surface area contributed by atoms with E-state index in [-0.39, 0.29) is 12.3 Å². The lowest BCUT2D eigenvalue weighted by Crippen LogP contribution is -2.40. The van der Waals surface area contributed by atoms with Gasteiger partial charge in [0.2, 0.25) is 0 Å². The van der Waals surface area contributed by atoms with E-state index in [0.717, 1.165) is 41.7 Å². The second kappa shape index (κ2) is 6.58. The van der Waals surface area contributed by atoms with Gasteiger partial charge in [0.1, 0.15) is 9.30 Å². The molecule has 7 heteroatoms. The summed E-state index contributed by atoms with van der Waals surface area (Å²) in [4.78, 5) is 14.1. The van der Waals surface area contributed by atoms with Crippen LogP contribution in [0.3, 0.4) is 0 Å². The Morgan fingerprint density at radius 2 is 2.17 bits per heavy atom. The lowest BCUT2D eigenvalue weighted by Gasteiger charge is -2.32. The van der Waals surface area contributed by atoms with E-state index in [4.69, 9.17) is 9.47 Å².